The molecular weight excluding hydrogens is 229 g/mol. The molecule has 2 aliphatic rings. The van der Waals surface area contributed by atoms with Gasteiger partial charge in [-0.2, -0.15) is 13.2 Å². The average Bonchev–Trinajstić information content (AvgIpc) is 2.61. The summed E-state index contributed by atoms with van der Waals surface area (Å²) in [4.78, 5) is 23.6. The van der Waals surface area contributed by atoms with E-state index in [9.17, 15) is 27.9 Å². The lowest BCUT2D eigenvalue weighted by molar-refractivity contribution is -0.270. The average molecular weight is 238 g/mol. The number of piperazine rings is 1. The summed E-state index contributed by atoms with van der Waals surface area (Å²) >= 11 is 0. The summed E-state index contributed by atoms with van der Waals surface area (Å²) in [6, 6.07) is -0.880. The third-order valence-electron chi connectivity index (χ3n) is 2.84. The summed E-state index contributed by atoms with van der Waals surface area (Å²) in [5, 5.41) is 10.6. The van der Waals surface area contributed by atoms with Crippen molar-refractivity contribution in [1.29, 1.82) is 0 Å². The number of hydrogen-bond donors (Lipinski definition) is 2. The number of fused-ring (bicyclic) bond motifs is 1. The molecule has 2 fully saturated rings. The zero-order chi connectivity index (χ0) is 12.1. The van der Waals surface area contributed by atoms with Gasteiger partial charge in [-0.1, -0.05) is 0 Å². The number of nitrogens with zero attached hydrogens (tertiary/aromatic N) is 1. The van der Waals surface area contributed by atoms with Crippen molar-refractivity contribution < 1.29 is 27.9 Å². The lowest BCUT2D eigenvalue weighted by Crippen LogP contribution is -2.74. The van der Waals surface area contributed by atoms with Crippen LogP contribution >= 0.6 is 0 Å². The SMILES string of the molecule is O=C1N[C@](O)(C(F)(F)F)C(=O)N2CCC[C@H]12. The zero-order valence-corrected chi connectivity index (χ0v) is 8.04. The molecule has 0 aromatic carbocycles. The Morgan fingerprint density at radius 2 is 2.06 bits per heavy atom. The molecule has 0 unspecified atom stereocenters. The summed E-state index contributed by atoms with van der Waals surface area (Å²) in [5.41, 5.74) is -3.77. The fourth-order valence-electron chi connectivity index (χ4n) is 2.00. The van der Waals surface area contributed by atoms with Crippen molar-refractivity contribution >= 4 is 11.8 Å². The second-order valence-electron chi connectivity index (χ2n) is 3.85. The summed E-state index contributed by atoms with van der Waals surface area (Å²) < 4.78 is 37.5. The van der Waals surface area contributed by atoms with Gasteiger partial charge in [-0.25, -0.2) is 0 Å². The zero-order valence-electron chi connectivity index (χ0n) is 8.04. The van der Waals surface area contributed by atoms with Gasteiger partial charge in [0.25, 0.3) is 5.91 Å². The van der Waals surface area contributed by atoms with Gasteiger partial charge < -0.3 is 15.3 Å². The first-order valence-electron chi connectivity index (χ1n) is 4.69. The number of amides is 2. The molecule has 2 rings (SSSR count). The maximum absolute atomic E-state index is 12.5. The molecule has 2 atom stereocenters. The minimum Gasteiger partial charge on any atom is -0.356 e. The highest BCUT2D eigenvalue weighted by atomic mass is 19.4. The summed E-state index contributed by atoms with van der Waals surface area (Å²) in [7, 11) is 0. The number of aliphatic hydroxyl groups is 1. The first-order chi connectivity index (χ1) is 7.27. The number of rotatable bonds is 0. The van der Waals surface area contributed by atoms with E-state index < -0.39 is 29.8 Å². The minimum atomic E-state index is -5.21. The van der Waals surface area contributed by atoms with Crippen LogP contribution in [0.5, 0.6) is 0 Å². The third-order valence-corrected chi connectivity index (χ3v) is 2.84. The van der Waals surface area contributed by atoms with Crippen LogP contribution in [0.2, 0.25) is 0 Å². The molecule has 0 aromatic rings. The first-order valence-corrected chi connectivity index (χ1v) is 4.69. The molecule has 8 heteroatoms. The van der Waals surface area contributed by atoms with Crippen molar-refractivity contribution in [2.45, 2.75) is 30.8 Å². The standard InChI is InChI=1S/C8H9F3N2O3/c9-8(10,11)7(16)6(15)13-3-1-2-4(13)5(14)12-7/h4,16H,1-3H2,(H,12,14)/t4-,7-/m1/s1. The van der Waals surface area contributed by atoms with Gasteiger partial charge in [-0.3, -0.25) is 9.59 Å². The van der Waals surface area contributed by atoms with Gasteiger partial charge in [0.2, 0.25) is 5.91 Å². The number of nitrogens with one attached hydrogen (secondary N) is 1. The van der Waals surface area contributed by atoms with Gasteiger partial charge in [0, 0.05) is 6.54 Å². The minimum absolute atomic E-state index is 0.0648. The van der Waals surface area contributed by atoms with Crippen LogP contribution in [0.15, 0.2) is 0 Å². The molecule has 0 spiro atoms. The molecule has 0 saturated carbocycles. The van der Waals surface area contributed by atoms with Crippen LogP contribution in [0.3, 0.4) is 0 Å². The van der Waals surface area contributed by atoms with E-state index in [0.717, 1.165) is 4.90 Å². The Kier molecular flexibility index (Phi) is 2.16. The van der Waals surface area contributed by atoms with Crippen molar-refractivity contribution in [3.05, 3.63) is 0 Å². The molecule has 0 aliphatic carbocycles. The van der Waals surface area contributed by atoms with Crippen LogP contribution < -0.4 is 5.32 Å². The van der Waals surface area contributed by atoms with Crippen molar-refractivity contribution in [3.8, 4) is 0 Å². The van der Waals surface area contributed by atoms with E-state index in [-0.39, 0.29) is 6.54 Å². The summed E-state index contributed by atoms with van der Waals surface area (Å²) in [6.45, 7) is 0.0648. The van der Waals surface area contributed by atoms with E-state index >= 15 is 0 Å². The smallest absolute Gasteiger partial charge is 0.356 e. The summed E-state index contributed by atoms with van der Waals surface area (Å²) in [5.74, 6) is -2.46. The van der Waals surface area contributed by atoms with E-state index in [1.54, 1.807) is 0 Å². The molecular formula is C8H9F3N2O3. The molecule has 90 valence electrons. The second kappa shape index (κ2) is 3.09. The predicted molar refractivity (Wildman–Crippen MR) is 43.9 cm³/mol. The molecule has 0 bridgehead atoms. The quantitative estimate of drug-likeness (QED) is 0.589. The largest absolute Gasteiger partial charge is 0.446 e. The van der Waals surface area contributed by atoms with E-state index in [0.29, 0.717) is 12.8 Å². The Morgan fingerprint density at radius 3 is 2.62 bits per heavy atom. The van der Waals surface area contributed by atoms with E-state index in [2.05, 4.69) is 0 Å². The van der Waals surface area contributed by atoms with Crippen LogP contribution in [-0.2, 0) is 9.59 Å². The maximum atomic E-state index is 12.5. The van der Waals surface area contributed by atoms with Gasteiger partial charge >= 0.3 is 11.9 Å². The Hall–Kier alpha value is -1.31. The number of carbonyl (C=O) groups is 2. The molecule has 5 nitrogen and oxygen atoms in total. The lowest BCUT2D eigenvalue weighted by atomic mass is 10.0. The molecule has 2 saturated heterocycles. The molecule has 0 radical (unpaired) electrons. The Bertz CT molecular complexity index is 357. The van der Waals surface area contributed by atoms with Gasteiger partial charge in [0.15, 0.2) is 0 Å². The van der Waals surface area contributed by atoms with Gasteiger partial charge in [0.1, 0.15) is 6.04 Å². The van der Waals surface area contributed by atoms with Crippen LogP contribution in [0, 0.1) is 0 Å². The number of alkyl halides is 3. The molecule has 16 heavy (non-hydrogen) atoms. The van der Waals surface area contributed by atoms with Gasteiger partial charge in [-0.05, 0) is 12.8 Å². The molecule has 0 aromatic heterocycles. The number of hydrogen-bond acceptors (Lipinski definition) is 3. The van der Waals surface area contributed by atoms with Gasteiger partial charge in [-0.15, -0.1) is 0 Å². The molecule has 2 amide bonds. The van der Waals surface area contributed by atoms with Crippen molar-refractivity contribution in [1.82, 2.24) is 10.2 Å². The first kappa shape index (κ1) is 11.2. The maximum Gasteiger partial charge on any atom is 0.446 e. The topological polar surface area (TPSA) is 69.6 Å². The normalized spacial score (nSPS) is 35.0. The van der Waals surface area contributed by atoms with Crippen molar-refractivity contribution in [2.75, 3.05) is 6.54 Å². The predicted octanol–water partition coefficient (Wildman–Crippen LogP) is -0.642. The van der Waals surface area contributed by atoms with E-state index in [1.165, 1.54) is 5.32 Å². The number of carbonyl (C=O) groups excluding carboxylic acids is 2. The Morgan fingerprint density at radius 1 is 1.44 bits per heavy atom. The highest BCUT2D eigenvalue weighted by molar-refractivity contribution is 5.99. The Labute approximate surface area is 88.2 Å². The van der Waals surface area contributed by atoms with Crippen LogP contribution in [0.4, 0.5) is 13.2 Å². The highest BCUT2D eigenvalue weighted by Gasteiger charge is 2.66. The lowest BCUT2D eigenvalue weighted by Gasteiger charge is -2.40. The van der Waals surface area contributed by atoms with Crippen LogP contribution in [0.25, 0.3) is 0 Å². The third kappa shape index (κ3) is 1.29. The van der Waals surface area contributed by atoms with Crippen molar-refractivity contribution in [3.63, 3.8) is 0 Å². The fourth-order valence-corrected chi connectivity index (χ4v) is 2.00. The molecule has 2 N–H and O–H groups in total. The van der Waals surface area contributed by atoms with Gasteiger partial charge in [0.05, 0.1) is 0 Å². The monoisotopic (exact) mass is 238 g/mol. The second-order valence-corrected chi connectivity index (χ2v) is 3.85. The highest BCUT2D eigenvalue weighted by Crippen LogP contribution is 2.35. The Balaban J connectivity index is 2.37. The van der Waals surface area contributed by atoms with Crippen LogP contribution in [-0.4, -0.2) is 46.3 Å². The van der Waals surface area contributed by atoms with E-state index in [1.807, 2.05) is 0 Å². The summed E-state index contributed by atoms with van der Waals surface area (Å²) in [6.07, 6.45) is -4.43. The molecule has 2 heterocycles. The van der Waals surface area contributed by atoms with Crippen LogP contribution in [0.1, 0.15) is 12.8 Å². The fraction of sp³-hybridized carbons (Fsp3) is 0.750. The van der Waals surface area contributed by atoms with E-state index in [4.69, 9.17) is 0 Å². The number of halogens is 3. The van der Waals surface area contributed by atoms with Crippen molar-refractivity contribution in [2.24, 2.45) is 0 Å². The molecule has 2 aliphatic heterocycles.